The summed E-state index contributed by atoms with van der Waals surface area (Å²) in [5, 5.41) is 3.05. The number of piperidine rings is 1. The summed E-state index contributed by atoms with van der Waals surface area (Å²) in [5.41, 5.74) is 3.67. The van der Waals surface area contributed by atoms with Crippen molar-refractivity contribution in [3.63, 3.8) is 0 Å². The number of carbonyl (C=O) groups is 3. The van der Waals surface area contributed by atoms with Gasteiger partial charge < -0.3 is 9.32 Å². The minimum absolute atomic E-state index is 0.0959. The molecule has 3 aromatic rings. The molecule has 3 amide bonds. The Morgan fingerprint density at radius 1 is 1.20 bits per heavy atom. The Hall–Kier alpha value is -3.19. The Morgan fingerprint density at radius 2 is 2.07 bits per heavy atom. The van der Waals surface area contributed by atoms with Crippen molar-refractivity contribution in [1.82, 2.24) is 15.2 Å². The van der Waals surface area contributed by atoms with Crippen molar-refractivity contribution >= 4 is 40.4 Å². The molecule has 7 nitrogen and oxygen atoms in total. The molecule has 0 aliphatic carbocycles. The highest BCUT2D eigenvalue weighted by atomic mass is 35.5. The van der Waals surface area contributed by atoms with Crippen molar-refractivity contribution < 1.29 is 18.8 Å². The van der Waals surface area contributed by atoms with E-state index in [0.29, 0.717) is 42.6 Å². The zero-order valence-electron chi connectivity index (χ0n) is 16.0. The van der Waals surface area contributed by atoms with Crippen LogP contribution in [0.25, 0.3) is 11.1 Å². The van der Waals surface area contributed by atoms with Gasteiger partial charge in [-0.1, -0.05) is 23.7 Å². The van der Waals surface area contributed by atoms with E-state index in [4.69, 9.17) is 16.0 Å². The first-order valence-electron chi connectivity index (χ1n) is 9.79. The quantitative estimate of drug-likeness (QED) is 0.639. The van der Waals surface area contributed by atoms with E-state index in [9.17, 15) is 14.4 Å². The smallest absolute Gasteiger partial charge is 0.254 e. The fraction of sp³-hybridized carbons (Fsp3) is 0.273. The number of hydrogen-bond acceptors (Lipinski definition) is 5. The summed E-state index contributed by atoms with van der Waals surface area (Å²) in [6.45, 7) is 1.09. The molecule has 8 heteroatoms. The molecule has 2 aliphatic rings. The van der Waals surface area contributed by atoms with Crippen LogP contribution in [0.5, 0.6) is 0 Å². The Bertz CT molecular complexity index is 1200. The van der Waals surface area contributed by atoms with Crippen molar-refractivity contribution in [3.8, 4) is 0 Å². The van der Waals surface area contributed by atoms with Gasteiger partial charge in [-0.05, 0) is 48.2 Å². The number of halogens is 1. The molecular formula is C22H18ClN3O4. The minimum atomic E-state index is -0.599. The fourth-order valence-electron chi connectivity index (χ4n) is 4.07. The maximum atomic E-state index is 13.1. The molecule has 0 radical (unpaired) electrons. The average Bonchev–Trinajstić information content (AvgIpc) is 3.16. The number of fused-ring (bicyclic) bond motifs is 2. The van der Waals surface area contributed by atoms with Gasteiger partial charge in [0.15, 0.2) is 5.58 Å². The Labute approximate surface area is 177 Å². The third-order valence-corrected chi connectivity index (χ3v) is 6.04. The second-order valence-electron chi connectivity index (χ2n) is 7.59. The van der Waals surface area contributed by atoms with Crippen molar-refractivity contribution in [3.05, 3.63) is 64.0 Å². The number of nitrogens with zero attached hydrogens (tertiary/aromatic N) is 2. The van der Waals surface area contributed by atoms with Crippen LogP contribution in [0.2, 0.25) is 5.02 Å². The third-order valence-electron chi connectivity index (χ3n) is 5.69. The lowest BCUT2D eigenvalue weighted by atomic mass is 9.98. The molecule has 0 spiro atoms. The molecule has 30 heavy (non-hydrogen) atoms. The van der Waals surface area contributed by atoms with Gasteiger partial charge in [0.05, 0.1) is 0 Å². The van der Waals surface area contributed by atoms with Gasteiger partial charge in [0.2, 0.25) is 17.7 Å². The molecule has 1 fully saturated rings. The number of carbonyl (C=O) groups excluding carboxylic acids is 3. The second kappa shape index (κ2) is 7.25. The molecule has 152 valence electrons. The summed E-state index contributed by atoms with van der Waals surface area (Å²) in [4.78, 5) is 42.7. The molecule has 2 aromatic carbocycles. The van der Waals surface area contributed by atoms with Crippen LogP contribution in [-0.2, 0) is 22.6 Å². The van der Waals surface area contributed by atoms with Gasteiger partial charge in [-0.2, -0.15) is 0 Å². The molecule has 1 N–H and O–H groups in total. The zero-order valence-corrected chi connectivity index (χ0v) is 16.7. The summed E-state index contributed by atoms with van der Waals surface area (Å²) >= 11 is 6.27. The van der Waals surface area contributed by atoms with Crippen LogP contribution in [0, 0.1) is 0 Å². The second-order valence-corrected chi connectivity index (χ2v) is 8.00. The Balaban J connectivity index is 1.39. The number of oxazole rings is 1. The lowest BCUT2D eigenvalue weighted by Crippen LogP contribution is -2.39. The molecule has 1 aromatic heterocycles. The van der Waals surface area contributed by atoms with Crippen molar-refractivity contribution in [1.29, 1.82) is 0 Å². The Kier molecular flexibility index (Phi) is 4.55. The van der Waals surface area contributed by atoms with Crippen molar-refractivity contribution in [2.75, 3.05) is 6.54 Å². The zero-order chi connectivity index (χ0) is 20.8. The van der Waals surface area contributed by atoms with E-state index in [1.54, 1.807) is 23.1 Å². The first kappa shape index (κ1) is 18.8. The van der Waals surface area contributed by atoms with Gasteiger partial charge in [0, 0.05) is 30.1 Å². The topological polar surface area (TPSA) is 92.5 Å². The van der Waals surface area contributed by atoms with Crippen molar-refractivity contribution in [2.24, 2.45) is 0 Å². The maximum Gasteiger partial charge on any atom is 0.254 e. The summed E-state index contributed by atoms with van der Waals surface area (Å²) in [5.74, 6) is -1.12. The number of rotatable bonds is 2. The van der Waals surface area contributed by atoms with E-state index < -0.39 is 11.8 Å². The standard InChI is InChI=1S/C22H18ClN3O4/c23-16-3-1-2-13-11-26(9-8-14(13)16)22(29)12-4-6-17-18(10-12)30-21(24-17)15-5-7-19(27)25-20(15)28/h1-4,6,10,15H,5,7-9,11H2,(H,25,27,28). The van der Waals surface area contributed by atoms with Crippen LogP contribution in [0.3, 0.4) is 0 Å². The molecule has 1 saturated heterocycles. The molecule has 0 bridgehead atoms. The highest BCUT2D eigenvalue weighted by Crippen LogP contribution is 2.29. The van der Waals surface area contributed by atoms with Gasteiger partial charge in [-0.15, -0.1) is 0 Å². The average molecular weight is 424 g/mol. The van der Waals surface area contributed by atoms with Gasteiger partial charge >= 0.3 is 0 Å². The fourth-order valence-corrected chi connectivity index (χ4v) is 4.36. The minimum Gasteiger partial charge on any atom is -0.440 e. The van der Waals surface area contributed by atoms with Gasteiger partial charge in [0.25, 0.3) is 5.91 Å². The number of aromatic nitrogens is 1. The highest BCUT2D eigenvalue weighted by molar-refractivity contribution is 6.31. The Morgan fingerprint density at radius 3 is 2.90 bits per heavy atom. The van der Waals surface area contributed by atoms with Crippen LogP contribution in [-0.4, -0.2) is 34.2 Å². The predicted molar refractivity (Wildman–Crippen MR) is 109 cm³/mol. The van der Waals surface area contributed by atoms with Crippen LogP contribution in [0.15, 0.2) is 40.8 Å². The molecule has 3 heterocycles. The van der Waals surface area contributed by atoms with E-state index in [2.05, 4.69) is 10.3 Å². The first-order chi connectivity index (χ1) is 14.5. The predicted octanol–water partition coefficient (Wildman–Crippen LogP) is 3.20. The molecule has 5 rings (SSSR count). The number of hydrogen-bond donors (Lipinski definition) is 1. The molecule has 2 aliphatic heterocycles. The third kappa shape index (κ3) is 3.25. The van der Waals surface area contributed by atoms with Gasteiger partial charge in [-0.25, -0.2) is 4.98 Å². The number of amides is 3. The number of nitrogens with one attached hydrogen (secondary N) is 1. The molecule has 1 atom stereocenters. The molecular weight excluding hydrogens is 406 g/mol. The van der Waals surface area contributed by atoms with Crippen LogP contribution >= 0.6 is 11.6 Å². The van der Waals surface area contributed by atoms with E-state index >= 15 is 0 Å². The summed E-state index contributed by atoms with van der Waals surface area (Å²) in [6.07, 6.45) is 1.32. The van der Waals surface area contributed by atoms with E-state index in [1.807, 2.05) is 18.2 Å². The van der Waals surface area contributed by atoms with Crippen LogP contribution in [0.1, 0.15) is 46.1 Å². The van der Waals surface area contributed by atoms with E-state index in [-0.39, 0.29) is 24.1 Å². The summed E-state index contributed by atoms with van der Waals surface area (Å²) in [7, 11) is 0. The summed E-state index contributed by atoms with van der Waals surface area (Å²) < 4.78 is 5.79. The van der Waals surface area contributed by atoms with Gasteiger partial charge in [0.1, 0.15) is 11.4 Å². The SMILES string of the molecule is O=C1CCC(c2nc3ccc(C(=O)N4CCc5c(Cl)cccc5C4)cc3o2)C(=O)N1. The van der Waals surface area contributed by atoms with Crippen molar-refractivity contribution in [2.45, 2.75) is 31.7 Å². The maximum absolute atomic E-state index is 13.1. The lowest BCUT2D eigenvalue weighted by Gasteiger charge is -2.29. The van der Waals surface area contributed by atoms with E-state index in [1.165, 1.54) is 0 Å². The van der Waals surface area contributed by atoms with Gasteiger partial charge in [-0.3, -0.25) is 19.7 Å². The monoisotopic (exact) mass is 423 g/mol. The first-order valence-corrected chi connectivity index (χ1v) is 10.2. The van der Waals surface area contributed by atoms with Crippen LogP contribution < -0.4 is 5.32 Å². The van der Waals surface area contributed by atoms with E-state index in [0.717, 1.165) is 16.1 Å². The number of benzene rings is 2. The largest absolute Gasteiger partial charge is 0.440 e. The molecule has 0 saturated carbocycles. The highest BCUT2D eigenvalue weighted by Gasteiger charge is 2.32. The molecule has 1 unspecified atom stereocenters. The summed E-state index contributed by atoms with van der Waals surface area (Å²) in [6, 6.07) is 10.9. The number of imide groups is 1. The normalized spacial score (nSPS) is 19.0. The van der Waals surface area contributed by atoms with Crippen LogP contribution in [0.4, 0.5) is 0 Å². The lowest BCUT2D eigenvalue weighted by molar-refractivity contribution is -0.134.